The molecule has 7 nitrogen and oxygen atoms in total. The van der Waals surface area contributed by atoms with Crippen LogP contribution in [0.25, 0.3) is 0 Å². The number of nitrogens with two attached hydrogens (primary N) is 1. The summed E-state index contributed by atoms with van der Waals surface area (Å²) >= 11 is 0. The van der Waals surface area contributed by atoms with Gasteiger partial charge in [0.15, 0.2) is 0 Å². The fourth-order valence-electron chi connectivity index (χ4n) is 1.80. The molecular weight excluding hydrogens is 310 g/mol. The number of ether oxygens (including phenoxy) is 1. The van der Waals surface area contributed by atoms with Crippen LogP contribution in [0.3, 0.4) is 0 Å². The third-order valence-corrected chi connectivity index (χ3v) is 3.44. The molecule has 4 N–H and O–H groups in total. The number of carbonyl (C=O) groups excluding carboxylic acids is 3. The Hall–Kier alpha value is -2.41. The van der Waals surface area contributed by atoms with Gasteiger partial charge in [-0.3, -0.25) is 14.4 Å². The maximum absolute atomic E-state index is 12.1. The topological polar surface area (TPSA) is 111 Å². The van der Waals surface area contributed by atoms with E-state index in [9.17, 15) is 14.4 Å². The van der Waals surface area contributed by atoms with E-state index < -0.39 is 12.1 Å². The number of hydrogen-bond acceptors (Lipinski definition) is 5. The van der Waals surface area contributed by atoms with Crippen LogP contribution in [0, 0.1) is 5.92 Å². The molecule has 132 valence electrons. The SMILES string of the molecule is CC(=O)OCc1ccc(NC(=O)[C@H](C)NC(=O)[C@@H](N)C(C)C)cc1. The fraction of sp³-hybridized carbons (Fsp3) is 0.471. The quantitative estimate of drug-likeness (QED) is 0.648. The molecule has 0 aliphatic rings. The van der Waals surface area contributed by atoms with Crippen LogP contribution in [0.4, 0.5) is 5.69 Å². The zero-order chi connectivity index (χ0) is 18.3. The second kappa shape index (κ2) is 9.02. The summed E-state index contributed by atoms with van der Waals surface area (Å²) in [5.74, 6) is -1.06. The normalized spacial score (nSPS) is 13.1. The van der Waals surface area contributed by atoms with Gasteiger partial charge in [-0.1, -0.05) is 26.0 Å². The third kappa shape index (κ3) is 6.37. The molecular formula is C17H25N3O4. The third-order valence-electron chi connectivity index (χ3n) is 3.44. The van der Waals surface area contributed by atoms with Crippen molar-refractivity contribution in [2.45, 2.75) is 46.4 Å². The second-order valence-corrected chi connectivity index (χ2v) is 5.97. The molecule has 1 aromatic carbocycles. The minimum atomic E-state index is -0.706. The van der Waals surface area contributed by atoms with Gasteiger partial charge in [0.25, 0.3) is 0 Å². The van der Waals surface area contributed by atoms with Gasteiger partial charge in [0.1, 0.15) is 12.6 Å². The van der Waals surface area contributed by atoms with Crippen molar-refractivity contribution in [3.05, 3.63) is 29.8 Å². The first-order valence-electron chi connectivity index (χ1n) is 7.79. The number of amides is 2. The Morgan fingerprint density at radius 1 is 1.08 bits per heavy atom. The summed E-state index contributed by atoms with van der Waals surface area (Å²) in [6.45, 7) is 6.80. The Kier molecular flexibility index (Phi) is 7.38. The lowest BCUT2D eigenvalue weighted by atomic mass is 10.0. The molecule has 0 heterocycles. The van der Waals surface area contributed by atoms with Crippen molar-refractivity contribution in [3.8, 4) is 0 Å². The van der Waals surface area contributed by atoms with Gasteiger partial charge in [-0.25, -0.2) is 0 Å². The molecule has 0 radical (unpaired) electrons. The van der Waals surface area contributed by atoms with E-state index in [0.29, 0.717) is 5.69 Å². The standard InChI is InChI=1S/C17H25N3O4/c1-10(2)15(18)17(23)19-11(3)16(22)20-14-7-5-13(6-8-14)9-24-12(4)21/h5-8,10-11,15H,9,18H2,1-4H3,(H,19,23)(H,20,22)/t11-,15-/m0/s1. The molecule has 0 aromatic heterocycles. The molecule has 2 amide bonds. The molecule has 1 rings (SSSR count). The van der Waals surface area contributed by atoms with Crippen LogP contribution in [0.2, 0.25) is 0 Å². The van der Waals surface area contributed by atoms with Gasteiger partial charge in [0.2, 0.25) is 11.8 Å². The van der Waals surface area contributed by atoms with E-state index in [0.717, 1.165) is 5.56 Å². The van der Waals surface area contributed by atoms with Gasteiger partial charge in [-0.2, -0.15) is 0 Å². The Morgan fingerprint density at radius 2 is 1.67 bits per heavy atom. The van der Waals surface area contributed by atoms with E-state index in [-0.39, 0.29) is 30.3 Å². The molecule has 0 saturated heterocycles. The van der Waals surface area contributed by atoms with E-state index >= 15 is 0 Å². The highest BCUT2D eigenvalue weighted by molar-refractivity contribution is 5.97. The minimum Gasteiger partial charge on any atom is -0.461 e. The lowest BCUT2D eigenvalue weighted by Gasteiger charge is -2.19. The minimum absolute atomic E-state index is 0.00923. The summed E-state index contributed by atoms with van der Waals surface area (Å²) in [5.41, 5.74) is 7.14. The van der Waals surface area contributed by atoms with Crippen molar-refractivity contribution in [3.63, 3.8) is 0 Å². The molecule has 1 aromatic rings. The van der Waals surface area contributed by atoms with Crippen molar-refractivity contribution in [2.24, 2.45) is 11.7 Å². The Morgan fingerprint density at radius 3 is 2.17 bits per heavy atom. The first kappa shape index (κ1) is 19.6. The van der Waals surface area contributed by atoms with Crippen LogP contribution in [-0.4, -0.2) is 29.9 Å². The Bertz CT molecular complexity index is 584. The second-order valence-electron chi connectivity index (χ2n) is 5.97. The van der Waals surface area contributed by atoms with Crippen molar-refractivity contribution in [1.82, 2.24) is 5.32 Å². The van der Waals surface area contributed by atoms with E-state index in [1.165, 1.54) is 6.92 Å². The van der Waals surface area contributed by atoms with Crippen molar-refractivity contribution in [2.75, 3.05) is 5.32 Å². The van der Waals surface area contributed by atoms with Crippen molar-refractivity contribution >= 4 is 23.5 Å². The maximum atomic E-state index is 12.1. The van der Waals surface area contributed by atoms with Gasteiger partial charge in [-0.15, -0.1) is 0 Å². The predicted octanol–water partition coefficient (Wildman–Crippen LogP) is 1.18. The Labute approximate surface area is 141 Å². The van der Waals surface area contributed by atoms with E-state index in [2.05, 4.69) is 10.6 Å². The first-order valence-corrected chi connectivity index (χ1v) is 7.79. The van der Waals surface area contributed by atoms with E-state index in [1.807, 2.05) is 13.8 Å². The number of rotatable bonds is 7. The van der Waals surface area contributed by atoms with Crippen LogP contribution in [-0.2, 0) is 25.7 Å². The molecule has 0 aliphatic heterocycles. The average molecular weight is 335 g/mol. The van der Waals surface area contributed by atoms with E-state index in [1.54, 1.807) is 31.2 Å². The van der Waals surface area contributed by atoms with Crippen LogP contribution in [0.1, 0.15) is 33.3 Å². The van der Waals surface area contributed by atoms with Gasteiger partial charge >= 0.3 is 5.97 Å². The highest BCUT2D eigenvalue weighted by Gasteiger charge is 2.22. The molecule has 0 saturated carbocycles. The van der Waals surface area contributed by atoms with E-state index in [4.69, 9.17) is 10.5 Å². The molecule has 2 atom stereocenters. The molecule has 0 aliphatic carbocycles. The number of nitrogens with one attached hydrogen (secondary N) is 2. The maximum Gasteiger partial charge on any atom is 0.302 e. The predicted molar refractivity (Wildman–Crippen MR) is 91.0 cm³/mol. The van der Waals surface area contributed by atoms with Gasteiger partial charge in [-0.05, 0) is 30.5 Å². The summed E-state index contributed by atoms with van der Waals surface area (Å²) in [5, 5.41) is 5.30. The molecule has 0 spiro atoms. The fourth-order valence-corrected chi connectivity index (χ4v) is 1.80. The van der Waals surface area contributed by atoms with Crippen LogP contribution in [0.5, 0.6) is 0 Å². The summed E-state index contributed by atoms with van der Waals surface area (Å²) in [7, 11) is 0. The van der Waals surface area contributed by atoms with Crippen LogP contribution < -0.4 is 16.4 Å². The number of benzene rings is 1. The number of anilines is 1. The monoisotopic (exact) mass is 335 g/mol. The largest absolute Gasteiger partial charge is 0.461 e. The summed E-state index contributed by atoms with van der Waals surface area (Å²) in [6.07, 6.45) is 0. The molecule has 24 heavy (non-hydrogen) atoms. The Balaban J connectivity index is 2.54. The number of carbonyl (C=O) groups is 3. The number of hydrogen-bond donors (Lipinski definition) is 3. The first-order chi connectivity index (χ1) is 11.2. The van der Waals surface area contributed by atoms with Gasteiger partial charge < -0.3 is 21.1 Å². The van der Waals surface area contributed by atoms with Crippen LogP contribution >= 0.6 is 0 Å². The average Bonchev–Trinajstić information content (AvgIpc) is 2.52. The molecule has 7 heteroatoms. The van der Waals surface area contributed by atoms with Crippen molar-refractivity contribution in [1.29, 1.82) is 0 Å². The summed E-state index contributed by atoms with van der Waals surface area (Å²) in [6, 6.07) is 5.53. The zero-order valence-corrected chi connectivity index (χ0v) is 14.5. The lowest BCUT2D eigenvalue weighted by molar-refractivity contribution is -0.142. The highest BCUT2D eigenvalue weighted by Crippen LogP contribution is 2.11. The number of esters is 1. The molecule has 0 fully saturated rings. The van der Waals surface area contributed by atoms with Gasteiger partial charge in [0.05, 0.1) is 6.04 Å². The van der Waals surface area contributed by atoms with Gasteiger partial charge in [0, 0.05) is 12.6 Å². The molecule has 0 unspecified atom stereocenters. The smallest absolute Gasteiger partial charge is 0.302 e. The highest BCUT2D eigenvalue weighted by atomic mass is 16.5. The van der Waals surface area contributed by atoms with Crippen LogP contribution in [0.15, 0.2) is 24.3 Å². The zero-order valence-electron chi connectivity index (χ0n) is 14.5. The summed E-state index contributed by atoms with van der Waals surface area (Å²) < 4.78 is 4.89. The lowest BCUT2D eigenvalue weighted by Crippen LogP contribution is -2.50. The summed E-state index contributed by atoms with van der Waals surface area (Å²) in [4.78, 5) is 34.7. The molecule has 0 bridgehead atoms. The van der Waals surface area contributed by atoms with Crippen molar-refractivity contribution < 1.29 is 19.1 Å².